The van der Waals surface area contributed by atoms with Gasteiger partial charge < -0.3 is 5.73 Å². The van der Waals surface area contributed by atoms with Gasteiger partial charge in [-0.1, -0.05) is 0 Å². The number of benzene rings is 1. The van der Waals surface area contributed by atoms with Crippen LogP contribution in [0.2, 0.25) is 0 Å². The number of nitrogens with zero attached hydrogens (tertiary/aromatic N) is 1. The Balaban J connectivity index is 3.32. The van der Waals surface area contributed by atoms with Gasteiger partial charge in [-0.05, 0) is 37.7 Å². The summed E-state index contributed by atoms with van der Waals surface area (Å²) in [5.74, 6) is 0. The smallest absolute Gasteiger partial charge is 0.329 e. The average Bonchev–Trinajstić information content (AvgIpc) is 2.35. The normalized spacial score (nSPS) is 14.6. The van der Waals surface area contributed by atoms with Crippen LogP contribution in [0.1, 0.15) is 29.7 Å². The summed E-state index contributed by atoms with van der Waals surface area (Å²) in [4.78, 5) is 1.59. The van der Waals surface area contributed by atoms with Gasteiger partial charge >= 0.3 is 12.4 Å². The van der Waals surface area contributed by atoms with Crippen LogP contribution in [-0.2, 0) is 12.4 Å². The third-order valence-corrected chi connectivity index (χ3v) is 3.24. The molecule has 1 atom stereocenters. The van der Waals surface area contributed by atoms with Crippen molar-refractivity contribution in [1.82, 2.24) is 4.90 Å². The summed E-state index contributed by atoms with van der Waals surface area (Å²) in [5.41, 5.74) is 2.68. The molecule has 0 radical (unpaired) electrons. The van der Waals surface area contributed by atoms with Crippen molar-refractivity contribution in [2.45, 2.75) is 25.3 Å². The topological polar surface area (TPSA) is 29.3 Å². The number of likely N-dealkylation sites (N-methyl/N-ethyl adjacent to an activating group) is 1. The fraction of sp³-hybridized carbons (Fsp3) is 0.538. The predicted octanol–water partition coefficient (Wildman–Crippen LogP) is 3.68. The zero-order valence-electron chi connectivity index (χ0n) is 11.5. The van der Waals surface area contributed by atoms with Crippen LogP contribution in [0, 0.1) is 0 Å². The molecule has 1 rings (SSSR count). The van der Waals surface area contributed by atoms with E-state index >= 15 is 0 Å². The highest BCUT2D eigenvalue weighted by Crippen LogP contribution is 2.37. The second-order valence-electron chi connectivity index (χ2n) is 4.78. The first-order valence-corrected chi connectivity index (χ1v) is 6.16. The Kier molecular flexibility index (Phi) is 5.27. The molecule has 0 amide bonds. The third-order valence-electron chi connectivity index (χ3n) is 3.24. The third kappa shape index (κ3) is 4.60. The lowest BCUT2D eigenvalue weighted by Gasteiger charge is -2.26. The SMILES string of the molecule is CC(c1cc(C(F)(F)F)cc(C(F)(F)F)c1)N(C)CCN. The van der Waals surface area contributed by atoms with Crippen molar-refractivity contribution in [3.05, 3.63) is 34.9 Å². The first-order valence-electron chi connectivity index (χ1n) is 6.16. The Morgan fingerprint density at radius 2 is 1.43 bits per heavy atom. The molecule has 0 aliphatic carbocycles. The monoisotopic (exact) mass is 314 g/mol. The van der Waals surface area contributed by atoms with Gasteiger partial charge in [-0.2, -0.15) is 26.3 Å². The molecule has 0 aromatic heterocycles. The summed E-state index contributed by atoms with van der Waals surface area (Å²) in [6.07, 6.45) is -9.66. The van der Waals surface area contributed by atoms with Gasteiger partial charge in [-0.3, -0.25) is 4.90 Å². The number of alkyl halides is 6. The van der Waals surface area contributed by atoms with E-state index in [4.69, 9.17) is 5.73 Å². The molecule has 120 valence electrons. The summed E-state index contributed by atoms with van der Waals surface area (Å²) in [6, 6.07) is 0.996. The summed E-state index contributed by atoms with van der Waals surface area (Å²) in [6.45, 7) is 2.15. The molecule has 0 saturated heterocycles. The highest BCUT2D eigenvalue weighted by atomic mass is 19.4. The van der Waals surface area contributed by atoms with E-state index in [0.717, 1.165) is 12.1 Å². The average molecular weight is 314 g/mol. The first kappa shape index (κ1) is 17.8. The molecule has 0 fully saturated rings. The Bertz CT molecular complexity index is 448. The Morgan fingerprint density at radius 3 is 1.76 bits per heavy atom. The van der Waals surface area contributed by atoms with Gasteiger partial charge in [-0.25, -0.2) is 0 Å². The van der Waals surface area contributed by atoms with Crippen LogP contribution in [0.15, 0.2) is 18.2 Å². The van der Waals surface area contributed by atoms with Gasteiger partial charge in [0.25, 0.3) is 0 Å². The van der Waals surface area contributed by atoms with Crippen LogP contribution in [0.4, 0.5) is 26.3 Å². The van der Waals surface area contributed by atoms with Crippen molar-refractivity contribution in [2.24, 2.45) is 5.73 Å². The van der Waals surface area contributed by atoms with E-state index in [1.807, 2.05) is 0 Å². The molecule has 2 N–H and O–H groups in total. The van der Waals surface area contributed by atoms with Crippen LogP contribution in [0.25, 0.3) is 0 Å². The zero-order chi connectivity index (χ0) is 16.4. The molecule has 21 heavy (non-hydrogen) atoms. The van der Waals surface area contributed by atoms with Crippen molar-refractivity contribution in [3.63, 3.8) is 0 Å². The Hall–Kier alpha value is -1.28. The van der Waals surface area contributed by atoms with Crippen molar-refractivity contribution >= 4 is 0 Å². The molecular weight excluding hydrogens is 298 g/mol. The molecule has 0 saturated carbocycles. The van der Waals surface area contributed by atoms with E-state index in [1.54, 1.807) is 11.9 Å². The number of rotatable bonds is 4. The largest absolute Gasteiger partial charge is 0.416 e. The maximum absolute atomic E-state index is 12.7. The van der Waals surface area contributed by atoms with E-state index in [0.29, 0.717) is 6.54 Å². The Labute approximate surface area is 118 Å². The number of nitrogens with two attached hydrogens (primary N) is 1. The van der Waals surface area contributed by atoms with Gasteiger partial charge in [0.2, 0.25) is 0 Å². The van der Waals surface area contributed by atoms with E-state index in [1.165, 1.54) is 6.92 Å². The molecule has 0 aliphatic heterocycles. The molecule has 0 aliphatic rings. The van der Waals surface area contributed by atoms with Crippen molar-refractivity contribution < 1.29 is 26.3 Å². The van der Waals surface area contributed by atoms with Crippen molar-refractivity contribution in [2.75, 3.05) is 20.1 Å². The van der Waals surface area contributed by atoms with Crippen molar-refractivity contribution in [3.8, 4) is 0 Å². The van der Waals surface area contributed by atoms with Gasteiger partial charge in [0.15, 0.2) is 0 Å². The van der Waals surface area contributed by atoms with Gasteiger partial charge in [0, 0.05) is 19.1 Å². The highest BCUT2D eigenvalue weighted by Gasteiger charge is 2.37. The molecule has 8 heteroatoms. The standard InChI is InChI=1S/C13H16F6N2/c1-8(21(2)4-3-20)9-5-10(12(14,15)16)7-11(6-9)13(17,18)19/h5-8H,3-4,20H2,1-2H3. The first-order chi connectivity index (χ1) is 9.46. The van der Waals surface area contributed by atoms with E-state index in [-0.39, 0.29) is 18.2 Å². The fourth-order valence-electron chi connectivity index (χ4n) is 1.87. The van der Waals surface area contributed by atoms with Crippen LogP contribution in [0.3, 0.4) is 0 Å². The quantitative estimate of drug-likeness (QED) is 0.859. The second-order valence-corrected chi connectivity index (χ2v) is 4.78. The fourth-order valence-corrected chi connectivity index (χ4v) is 1.87. The number of halogens is 6. The van der Waals surface area contributed by atoms with Gasteiger partial charge in [-0.15, -0.1) is 0 Å². The van der Waals surface area contributed by atoms with E-state index in [2.05, 4.69) is 0 Å². The van der Waals surface area contributed by atoms with Crippen LogP contribution >= 0.6 is 0 Å². The van der Waals surface area contributed by atoms with Crippen molar-refractivity contribution in [1.29, 1.82) is 0 Å². The molecular formula is C13H16F6N2. The van der Waals surface area contributed by atoms with E-state index < -0.39 is 29.5 Å². The van der Waals surface area contributed by atoms with E-state index in [9.17, 15) is 26.3 Å². The van der Waals surface area contributed by atoms with Gasteiger partial charge in [0.05, 0.1) is 11.1 Å². The van der Waals surface area contributed by atoms with Crippen LogP contribution in [0.5, 0.6) is 0 Å². The lowest BCUT2D eigenvalue weighted by molar-refractivity contribution is -0.143. The molecule has 1 aromatic rings. The molecule has 0 bridgehead atoms. The minimum absolute atomic E-state index is 0.0481. The number of hydrogen-bond donors (Lipinski definition) is 1. The maximum Gasteiger partial charge on any atom is 0.416 e. The summed E-state index contributed by atoms with van der Waals surface area (Å²) in [7, 11) is 1.59. The van der Waals surface area contributed by atoms with Crippen LogP contribution in [-0.4, -0.2) is 25.0 Å². The zero-order valence-corrected chi connectivity index (χ0v) is 11.5. The molecule has 1 aromatic carbocycles. The predicted molar refractivity (Wildman–Crippen MR) is 66.5 cm³/mol. The highest BCUT2D eigenvalue weighted by molar-refractivity contribution is 5.35. The maximum atomic E-state index is 12.7. The second kappa shape index (κ2) is 6.23. The molecule has 0 heterocycles. The lowest BCUT2D eigenvalue weighted by Crippen LogP contribution is -2.28. The lowest BCUT2D eigenvalue weighted by atomic mass is 9.99. The Morgan fingerprint density at radius 1 is 1.00 bits per heavy atom. The van der Waals surface area contributed by atoms with Gasteiger partial charge in [0.1, 0.15) is 0 Å². The molecule has 0 spiro atoms. The minimum Gasteiger partial charge on any atom is -0.329 e. The summed E-state index contributed by atoms with van der Waals surface area (Å²) in [5, 5.41) is 0. The number of hydrogen-bond acceptors (Lipinski definition) is 2. The molecule has 2 nitrogen and oxygen atoms in total. The van der Waals surface area contributed by atoms with Crippen LogP contribution < -0.4 is 5.73 Å². The minimum atomic E-state index is -4.83. The summed E-state index contributed by atoms with van der Waals surface area (Å²) < 4.78 is 76.5. The summed E-state index contributed by atoms with van der Waals surface area (Å²) >= 11 is 0. The molecule has 1 unspecified atom stereocenters.